The van der Waals surface area contributed by atoms with Gasteiger partial charge in [-0.1, -0.05) is 12.1 Å². The van der Waals surface area contributed by atoms with Crippen molar-refractivity contribution in [3.63, 3.8) is 0 Å². The molecule has 0 bridgehead atoms. The molecule has 3 rings (SSSR count). The Morgan fingerprint density at radius 3 is 3.19 bits per heavy atom. The zero-order valence-electron chi connectivity index (χ0n) is 8.98. The third-order valence-corrected chi connectivity index (χ3v) is 2.84. The van der Waals surface area contributed by atoms with Gasteiger partial charge in [-0.15, -0.1) is 0 Å². The Morgan fingerprint density at radius 2 is 2.38 bits per heavy atom. The van der Waals surface area contributed by atoms with Crippen molar-refractivity contribution >= 4 is 11.1 Å². The predicted octanol–water partition coefficient (Wildman–Crippen LogP) is 1.96. The summed E-state index contributed by atoms with van der Waals surface area (Å²) in [6.07, 6.45) is 2.76. The lowest BCUT2D eigenvalue weighted by atomic mass is 10.2. The second kappa shape index (κ2) is 4.14. The van der Waals surface area contributed by atoms with Crippen LogP contribution in [0.15, 0.2) is 28.7 Å². The second-order valence-electron chi connectivity index (χ2n) is 4.05. The lowest BCUT2D eigenvalue weighted by molar-refractivity contribution is 0.212. The van der Waals surface area contributed by atoms with E-state index in [1.54, 1.807) is 0 Å². The first-order valence-electron chi connectivity index (χ1n) is 5.63. The zero-order chi connectivity index (χ0) is 10.8. The smallest absolute Gasteiger partial charge is 0.394 e. The highest BCUT2D eigenvalue weighted by Gasteiger charge is 2.15. The van der Waals surface area contributed by atoms with E-state index in [4.69, 9.17) is 9.15 Å². The second-order valence-corrected chi connectivity index (χ2v) is 4.05. The number of benzene rings is 1. The van der Waals surface area contributed by atoms with E-state index in [1.807, 2.05) is 24.3 Å². The minimum Gasteiger partial charge on any atom is -0.449 e. The maximum atomic E-state index is 5.53. The van der Waals surface area contributed by atoms with Gasteiger partial charge in [-0.25, -0.2) is 0 Å². The van der Waals surface area contributed by atoms with Crippen LogP contribution in [-0.4, -0.2) is 24.2 Å². The van der Waals surface area contributed by atoms with Crippen molar-refractivity contribution in [2.24, 2.45) is 0 Å². The predicted molar refractivity (Wildman–Crippen MR) is 60.5 cm³/mol. The van der Waals surface area contributed by atoms with Crippen molar-refractivity contribution in [1.82, 2.24) is 10.3 Å². The number of para-hydroxylation sites is 2. The van der Waals surface area contributed by atoms with Crippen LogP contribution < -0.4 is 10.1 Å². The molecule has 1 N–H and O–H groups in total. The molecule has 1 aromatic heterocycles. The average molecular weight is 218 g/mol. The molecule has 1 aliphatic heterocycles. The normalized spacial score (nSPS) is 20.4. The van der Waals surface area contributed by atoms with Crippen LogP contribution in [0.4, 0.5) is 0 Å². The molecule has 0 radical (unpaired) electrons. The van der Waals surface area contributed by atoms with E-state index in [0.717, 1.165) is 17.6 Å². The van der Waals surface area contributed by atoms with Crippen LogP contribution >= 0.6 is 0 Å². The number of fused-ring (bicyclic) bond motifs is 1. The fourth-order valence-corrected chi connectivity index (χ4v) is 1.98. The highest BCUT2D eigenvalue weighted by atomic mass is 16.6. The fourth-order valence-electron chi connectivity index (χ4n) is 1.98. The number of rotatable bonds is 3. The first-order valence-corrected chi connectivity index (χ1v) is 5.63. The third kappa shape index (κ3) is 1.88. The third-order valence-electron chi connectivity index (χ3n) is 2.84. The Hall–Kier alpha value is -1.55. The first kappa shape index (κ1) is 9.66. The minimum atomic E-state index is 0.370. The maximum absolute atomic E-state index is 5.53. The summed E-state index contributed by atoms with van der Waals surface area (Å²) < 4.78 is 11.0. The van der Waals surface area contributed by atoms with Gasteiger partial charge in [0.1, 0.15) is 12.1 Å². The summed E-state index contributed by atoms with van der Waals surface area (Å²) in [4.78, 5) is 4.26. The largest absolute Gasteiger partial charge is 0.449 e. The number of nitrogens with one attached hydrogen (secondary N) is 1. The molecule has 2 aromatic rings. The van der Waals surface area contributed by atoms with Gasteiger partial charge >= 0.3 is 6.08 Å². The summed E-state index contributed by atoms with van der Waals surface area (Å²) in [7, 11) is 0. The monoisotopic (exact) mass is 218 g/mol. The van der Waals surface area contributed by atoms with Crippen LogP contribution in [0.3, 0.4) is 0 Å². The van der Waals surface area contributed by atoms with Gasteiger partial charge in [0.15, 0.2) is 5.58 Å². The number of nitrogens with zero attached hydrogens (tertiary/aromatic N) is 1. The van der Waals surface area contributed by atoms with Crippen LogP contribution in [0, 0.1) is 0 Å². The summed E-state index contributed by atoms with van der Waals surface area (Å²) >= 11 is 0. The molecule has 0 spiro atoms. The van der Waals surface area contributed by atoms with E-state index in [-0.39, 0.29) is 0 Å². The van der Waals surface area contributed by atoms with Gasteiger partial charge < -0.3 is 14.5 Å². The zero-order valence-corrected chi connectivity index (χ0v) is 8.98. The van der Waals surface area contributed by atoms with E-state index in [2.05, 4.69) is 10.3 Å². The number of hydrogen-bond donors (Lipinski definition) is 1. The highest BCUT2D eigenvalue weighted by molar-refractivity contribution is 5.72. The van der Waals surface area contributed by atoms with Crippen LogP contribution in [-0.2, 0) is 0 Å². The number of aromatic nitrogens is 1. The van der Waals surface area contributed by atoms with Crippen LogP contribution in [0.25, 0.3) is 11.1 Å². The number of hydrogen-bond acceptors (Lipinski definition) is 4. The fraction of sp³-hybridized carbons (Fsp3) is 0.417. The van der Waals surface area contributed by atoms with E-state index in [1.165, 1.54) is 12.8 Å². The average Bonchev–Trinajstić information content (AvgIpc) is 2.95. The molecule has 1 aromatic carbocycles. The molecule has 1 saturated heterocycles. The Bertz CT molecular complexity index is 442. The van der Waals surface area contributed by atoms with Crippen molar-refractivity contribution in [3.8, 4) is 6.08 Å². The Kier molecular flexibility index (Phi) is 2.50. The molecular formula is C12H14N2O2. The molecular weight excluding hydrogens is 204 g/mol. The molecule has 0 amide bonds. The SMILES string of the molecule is c1ccc2oc(OC[C@@H]3CCCN3)nc2c1. The molecule has 1 fully saturated rings. The van der Waals surface area contributed by atoms with Crippen LogP contribution in [0.1, 0.15) is 12.8 Å². The van der Waals surface area contributed by atoms with Gasteiger partial charge in [-0.2, -0.15) is 4.98 Å². The van der Waals surface area contributed by atoms with Crippen molar-refractivity contribution in [2.75, 3.05) is 13.2 Å². The molecule has 16 heavy (non-hydrogen) atoms. The molecule has 4 heteroatoms. The number of ether oxygens (including phenoxy) is 1. The summed E-state index contributed by atoms with van der Waals surface area (Å²) in [5, 5.41) is 3.37. The van der Waals surface area contributed by atoms with Gasteiger partial charge in [0, 0.05) is 6.04 Å². The van der Waals surface area contributed by atoms with Crippen molar-refractivity contribution in [3.05, 3.63) is 24.3 Å². The van der Waals surface area contributed by atoms with E-state index < -0.39 is 0 Å². The molecule has 0 unspecified atom stereocenters. The molecule has 0 aliphatic carbocycles. The maximum Gasteiger partial charge on any atom is 0.394 e. The Balaban J connectivity index is 1.69. The lowest BCUT2D eigenvalue weighted by Gasteiger charge is -2.08. The molecule has 4 nitrogen and oxygen atoms in total. The van der Waals surface area contributed by atoms with Crippen molar-refractivity contribution in [1.29, 1.82) is 0 Å². The molecule has 0 saturated carbocycles. The van der Waals surface area contributed by atoms with Gasteiger partial charge in [0.25, 0.3) is 0 Å². The van der Waals surface area contributed by atoms with Crippen molar-refractivity contribution in [2.45, 2.75) is 18.9 Å². The quantitative estimate of drug-likeness (QED) is 0.855. The molecule has 1 atom stereocenters. The summed E-state index contributed by atoms with van der Waals surface area (Å²) in [6, 6.07) is 8.11. The topological polar surface area (TPSA) is 47.3 Å². The van der Waals surface area contributed by atoms with E-state index in [0.29, 0.717) is 18.7 Å². The lowest BCUT2D eigenvalue weighted by Crippen LogP contribution is -2.28. The van der Waals surface area contributed by atoms with Crippen molar-refractivity contribution < 1.29 is 9.15 Å². The Morgan fingerprint density at radius 1 is 1.44 bits per heavy atom. The van der Waals surface area contributed by atoms with Crippen LogP contribution in [0.5, 0.6) is 6.08 Å². The Labute approximate surface area is 93.6 Å². The van der Waals surface area contributed by atoms with Gasteiger partial charge in [-0.05, 0) is 31.5 Å². The van der Waals surface area contributed by atoms with Crippen LogP contribution in [0.2, 0.25) is 0 Å². The standard InChI is InChI=1S/C12H14N2O2/c1-2-6-11-10(5-1)14-12(16-11)15-8-9-4-3-7-13-9/h1-2,5-6,9,13H,3-4,7-8H2/t9-/m0/s1. The molecule has 2 heterocycles. The highest BCUT2D eigenvalue weighted by Crippen LogP contribution is 2.20. The first-order chi connectivity index (χ1) is 7.92. The molecule has 1 aliphatic rings. The van der Waals surface area contributed by atoms with E-state index in [9.17, 15) is 0 Å². The summed E-state index contributed by atoms with van der Waals surface area (Å²) in [5.74, 6) is 0. The molecule has 84 valence electrons. The summed E-state index contributed by atoms with van der Waals surface area (Å²) in [6.45, 7) is 1.72. The van der Waals surface area contributed by atoms with Gasteiger partial charge in [-0.3, -0.25) is 0 Å². The van der Waals surface area contributed by atoms with Gasteiger partial charge in [0.2, 0.25) is 0 Å². The van der Waals surface area contributed by atoms with E-state index >= 15 is 0 Å². The summed E-state index contributed by atoms with van der Waals surface area (Å²) in [5.41, 5.74) is 1.62. The van der Waals surface area contributed by atoms with Gasteiger partial charge in [0.05, 0.1) is 0 Å². The number of oxazole rings is 1. The minimum absolute atomic E-state index is 0.370.